The Balaban J connectivity index is 1.85. The molecule has 0 spiro atoms. The van der Waals surface area contributed by atoms with E-state index in [0.717, 1.165) is 0 Å². The van der Waals surface area contributed by atoms with Gasteiger partial charge in [-0.25, -0.2) is 4.39 Å². The standard InChI is InChI=1S/C15H17BrFNO3/c16-13-6-3-11(17)7-10(13)8-14(19)18-12-4-1-9(2-5-12)15(20)21/h3,6-7,9,12H,1-2,4-5,8H2,(H,18,19)(H,20,21). The molecule has 0 bridgehead atoms. The lowest BCUT2D eigenvalue weighted by Crippen LogP contribution is -2.39. The van der Waals surface area contributed by atoms with Crippen molar-refractivity contribution in [1.29, 1.82) is 0 Å². The van der Waals surface area contributed by atoms with E-state index in [4.69, 9.17) is 5.11 Å². The van der Waals surface area contributed by atoms with Gasteiger partial charge in [-0.1, -0.05) is 15.9 Å². The zero-order valence-corrected chi connectivity index (χ0v) is 13.0. The molecule has 1 aliphatic carbocycles. The van der Waals surface area contributed by atoms with Crippen LogP contribution < -0.4 is 5.32 Å². The fourth-order valence-corrected chi connectivity index (χ4v) is 3.00. The molecule has 1 aromatic rings. The second-order valence-electron chi connectivity index (χ2n) is 5.37. The number of carboxylic acids is 1. The van der Waals surface area contributed by atoms with Crippen LogP contribution in [0.1, 0.15) is 31.2 Å². The van der Waals surface area contributed by atoms with Crippen molar-refractivity contribution in [3.8, 4) is 0 Å². The van der Waals surface area contributed by atoms with E-state index in [0.29, 0.717) is 35.7 Å². The van der Waals surface area contributed by atoms with Crippen LogP contribution in [-0.2, 0) is 16.0 Å². The number of halogens is 2. The molecule has 0 radical (unpaired) electrons. The Kier molecular flexibility index (Phi) is 5.33. The van der Waals surface area contributed by atoms with Crippen LogP contribution in [0.2, 0.25) is 0 Å². The summed E-state index contributed by atoms with van der Waals surface area (Å²) in [6.45, 7) is 0. The Morgan fingerprint density at radius 3 is 2.57 bits per heavy atom. The van der Waals surface area contributed by atoms with Gasteiger partial charge < -0.3 is 10.4 Å². The van der Waals surface area contributed by atoms with Gasteiger partial charge in [0.05, 0.1) is 12.3 Å². The summed E-state index contributed by atoms with van der Waals surface area (Å²) >= 11 is 3.30. The van der Waals surface area contributed by atoms with E-state index < -0.39 is 5.97 Å². The number of hydrogen-bond donors (Lipinski definition) is 2. The van der Waals surface area contributed by atoms with Gasteiger partial charge in [-0.2, -0.15) is 0 Å². The molecule has 0 aliphatic heterocycles. The Bertz CT molecular complexity index is 542. The molecule has 0 aromatic heterocycles. The molecule has 21 heavy (non-hydrogen) atoms. The molecule has 1 aromatic carbocycles. The predicted molar refractivity (Wildman–Crippen MR) is 79.3 cm³/mol. The van der Waals surface area contributed by atoms with Gasteiger partial charge in [0, 0.05) is 10.5 Å². The summed E-state index contributed by atoms with van der Waals surface area (Å²) in [5, 5.41) is 11.8. The lowest BCUT2D eigenvalue weighted by molar-refractivity contribution is -0.142. The van der Waals surface area contributed by atoms with Crippen LogP contribution in [0.15, 0.2) is 22.7 Å². The number of aliphatic carboxylic acids is 1. The van der Waals surface area contributed by atoms with Crippen molar-refractivity contribution in [1.82, 2.24) is 5.32 Å². The van der Waals surface area contributed by atoms with Gasteiger partial charge in [0.2, 0.25) is 5.91 Å². The molecule has 1 saturated carbocycles. The highest BCUT2D eigenvalue weighted by Gasteiger charge is 2.26. The molecule has 0 atom stereocenters. The summed E-state index contributed by atoms with van der Waals surface area (Å²) in [7, 11) is 0. The minimum absolute atomic E-state index is 0.0143. The third kappa shape index (κ3) is 4.52. The van der Waals surface area contributed by atoms with Crippen LogP contribution in [0.5, 0.6) is 0 Å². The molecule has 4 nitrogen and oxygen atoms in total. The molecule has 1 fully saturated rings. The summed E-state index contributed by atoms with van der Waals surface area (Å²) in [5.41, 5.74) is 0.603. The normalized spacial score (nSPS) is 21.8. The Morgan fingerprint density at radius 2 is 1.95 bits per heavy atom. The number of carbonyl (C=O) groups is 2. The van der Waals surface area contributed by atoms with E-state index in [-0.39, 0.29) is 30.1 Å². The average Bonchev–Trinajstić information content (AvgIpc) is 2.43. The number of benzene rings is 1. The fraction of sp³-hybridized carbons (Fsp3) is 0.467. The highest BCUT2D eigenvalue weighted by atomic mass is 79.9. The lowest BCUT2D eigenvalue weighted by atomic mass is 9.86. The molecule has 114 valence electrons. The van der Waals surface area contributed by atoms with E-state index in [2.05, 4.69) is 21.2 Å². The minimum Gasteiger partial charge on any atom is -0.481 e. The number of carboxylic acid groups (broad SMARTS) is 1. The zero-order chi connectivity index (χ0) is 15.4. The maximum absolute atomic E-state index is 13.2. The van der Waals surface area contributed by atoms with E-state index in [1.54, 1.807) is 6.07 Å². The van der Waals surface area contributed by atoms with Crippen LogP contribution in [-0.4, -0.2) is 23.0 Å². The van der Waals surface area contributed by atoms with Gasteiger partial charge in [-0.05, 0) is 49.4 Å². The minimum atomic E-state index is -0.761. The first-order chi connectivity index (χ1) is 9.95. The number of nitrogens with one attached hydrogen (secondary N) is 1. The first kappa shape index (κ1) is 15.9. The maximum Gasteiger partial charge on any atom is 0.306 e. The average molecular weight is 358 g/mol. The fourth-order valence-electron chi connectivity index (χ4n) is 2.62. The molecule has 6 heteroatoms. The van der Waals surface area contributed by atoms with Crippen molar-refractivity contribution < 1.29 is 19.1 Å². The van der Waals surface area contributed by atoms with Gasteiger partial charge in [0.15, 0.2) is 0 Å². The summed E-state index contributed by atoms with van der Waals surface area (Å²) in [6.07, 6.45) is 2.63. The van der Waals surface area contributed by atoms with E-state index >= 15 is 0 Å². The topological polar surface area (TPSA) is 66.4 Å². The Morgan fingerprint density at radius 1 is 1.29 bits per heavy atom. The highest BCUT2D eigenvalue weighted by molar-refractivity contribution is 9.10. The first-order valence-electron chi connectivity index (χ1n) is 6.92. The van der Waals surface area contributed by atoms with Crippen molar-refractivity contribution in [2.75, 3.05) is 0 Å². The third-order valence-corrected chi connectivity index (χ3v) is 4.57. The van der Waals surface area contributed by atoms with Crippen LogP contribution in [0.3, 0.4) is 0 Å². The van der Waals surface area contributed by atoms with Gasteiger partial charge in [0.25, 0.3) is 0 Å². The summed E-state index contributed by atoms with van der Waals surface area (Å²) in [5.74, 6) is -1.60. The van der Waals surface area contributed by atoms with Crippen molar-refractivity contribution in [2.24, 2.45) is 5.92 Å². The van der Waals surface area contributed by atoms with Gasteiger partial charge >= 0.3 is 5.97 Å². The molecule has 0 heterocycles. The largest absolute Gasteiger partial charge is 0.481 e. The van der Waals surface area contributed by atoms with Crippen molar-refractivity contribution >= 4 is 27.8 Å². The quantitative estimate of drug-likeness (QED) is 0.870. The Labute approximate surface area is 130 Å². The van der Waals surface area contributed by atoms with Crippen LogP contribution in [0, 0.1) is 11.7 Å². The van der Waals surface area contributed by atoms with Gasteiger partial charge in [0.1, 0.15) is 5.82 Å². The van der Waals surface area contributed by atoms with E-state index in [9.17, 15) is 14.0 Å². The molecular weight excluding hydrogens is 341 g/mol. The zero-order valence-electron chi connectivity index (χ0n) is 11.4. The van der Waals surface area contributed by atoms with Crippen LogP contribution >= 0.6 is 15.9 Å². The summed E-state index contributed by atoms with van der Waals surface area (Å²) in [6, 6.07) is 4.26. The monoisotopic (exact) mass is 357 g/mol. The number of hydrogen-bond acceptors (Lipinski definition) is 2. The second-order valence-corrected chi connectivity index (χ2v) is 6.22. The van der Waals surface area contributed by atoms with E-state index in [1.165, 1.54) is 12.1 Å². The first-order valence-corrected chi connectivity index (χ1v) is 7.71. The molecular formula is C15H17BrFNO3. The van der Waals surface area contributed by atoms with E-state index in [1.807, 2.05) is 0 Å². The molecule has 0 unspecified atom stereocenters. The molecule has 1 amide bonds. The van der Waals surface area contributed by atoms with Gasteiger partial charge in [-0.15, -0.1) is 0 Å². The van der Waals surface area contributed by atoms with Crippen molar-refractivity contribution in [2.45, 2.75) is 38.1 Å². The van der Waals surface area contributed by atoms with Crippen molar-refractivity contribution in [3.63, 3.8) is 0 Å². The third-order valence-electron chi connectivity index (χ3n) is 3.80. The SMILES string of the molecule is O=C(Cc1cc(F)ccc1Br)NC1CCC(C(=O)O)CC1. The molecule has 0 saturated heterocycles. The smallest absolute Gasteiger partial charge is 0.306 e. The van der Waals surface area contributed by atoms with Crippen LogP contribution in [0.4, 0.5) is 4.39 Å². The maximum atomic E-state index is 13.2. The van der Waals surface area contributed by atoms with Gasteiger partial charge in [-0.3, -0.25) is 9.59 Å². The summed E-state index contributed by atoms with van der Waals surface area (Å²) < 4.78 is 13.9. The number of rotatable bonds is 4. The van der Waals surface area contributed by atoms with Crippen LogP contribution in [0.25, 0.3) is 0 Å². The van der Waals surface area contributed by atoms with Crippen molar-refractivity contribution in [3.05, 3.63) is 34.1 Å². The molecule has 2 rings (SSSR count). The second kappa shape index (κ2) is 7.02. The summed E-state index contributed by atoms with van der Waals surface area (Å²) in [4.78, 5) is 22.9. The highest BCUT2D eigenvalue weighted by Crippen LogP contribution is 2.24. The number of carbonyl (C=O) groups excluding carboxylic acids is 1. The number of amides is 1. The predicted octanol–water partition coefficient (Wildman–Crippen LogP) is 2.89. The molecule has 2 N–H and O–H groups in total. The lowest BCUT2D eigenvalue weighted by Gasteiger charge is -2.26. The molecule has 1 aliphatic rings. The Hall–Kier alpha value is -1.43.